The molecule has 1 fully saturated rings. The number of piperidine rings is 1. The Morgan fingerprint density at radius 1 is 1.56 bits per heavy atom. The van der Waals surface area contributed by atoms with Crippen LogP contribution in [0.15, 0.2) is 0 Å². The van der Waals surface area contributed by atoms with Gasteiger partial charge in [-0.05, 0) is 57.7 Å². The first-order valence-corrected chi connectivity index (χ1v) is 7.26. The number of hydrogen-bond acceptors (Lipinski definition) is 5. The van der Waals surface area contributed by atoms with Gasteiger partial charge in [0.25, 0.3) is 5.91 Å². The molecule has 1 aliphatic rings. The molecular formula is C12H20N4OS. The fraction of sp³-hybridized carbons (Fsp3) is 0.750. The molecule has 1 aromatic heterocycles. The maximum Gasteiger partial charge on any atom is 0.267 e. The topological polar surface area (TPSA) is 58.1 Å². The summed E-state index contributed by atoms with van der Waals surface area (Å²) in [6, 6.07) is 0.361. The quantitative estimate of drug-likeness (QED) is 0.898. The summed E-state index contributed by atoms with van der Waals surface area (Å²) in [4.78, 5) is 15.2. The van der Waals surface area contributed by atoms with Gasteiger partial charge in [0.2, 0.25) is 0 Å². The van der Waals surface area contributed by atoms with Gasteiger partial charge in [0.05, 0.1) is 5.69 Å². The minimum Gasteiger partial charge on any atom is -0.335 e. The molecule has 100 valence electrons. The van der Waals surface area contributed by atoms with Crippen LogP contribution in [-0.4, -0.2) is 46.6 Å². The largest absolute Gasteiger partial charge is 0.335 e. The van der Waals surface area contributed by atoms with Gasteiger partial charge in [-0.1, -0.05) is 4.49 Å². The number of nitrogens with one attached hydrogen (secondary N) is 1. The summed E-state index contributed by atoms with van der Waals surface area (Å²) in [7, 11) is 1.95. The minimum atomic E-state index is 0.114. The second-order valence-corrected chi connectivity index (χ2v) is 5.48. The van der Waals surface area contributed by atoms with Crippen LogP contribution < -0.4 is 5.32 Å². The molecule has 0 aliphatic carbocycles. The molecule has 6 heteroatoms. The zero-order valence-corrected chi connectivity index (χ0v) is 11.8. The summed E-state index contributed by atoms with van der Waals surface area (Å²) in [5, 5.41) is 7.09. The molecule has 1 aromatic rings. The van der Waals surface area contributed by atoms with E-state index in [0.29, 0.717) is 10.9 Å². The summed E-state index contributed by atoms with van der Waals surface area (Å²) in [6.45, 7) is 3.67. The highest BCUT2D eigenvalue weighted by atomic mass is 32.1. The van der Waals surface area contributed by atoms with Crippen molar-refractivity contribution in [3.8, 4) is 0 Å². The Morgan fingerprint density at radius 3 is 3.06 bits per heavy atom. The second kappa shape index (κ2) is 6.24. The van der Waals surface area contributed by atoms with Crippen LogP contribution in [0.25, 0.3) is 0 Å². The van der Waals surface area contributed by atoms with Crippen LogP contribution in [0.5, 0.6) is 0 Å². The number of likely N-dealkylation sites (tertiary alicyclic amines) is 1. The third kappa shape index (κ3) is 2.87. The van der Waals surface area contributed by atoms with Gasteiger partial charge in [0.15, 0.2) is 0 Å². The monoisotopic (exact) mass is 268 g/mol. The van der Waals surface area contributed by atoms with Crippen molar-refractivity contribution >= 4 is 17.4 Å². The van der Waals surface area contributed by atoms with E-state index in [-0.39, 0.29) is 5.91 Å². The number of carbonyl (C=O) groups excluding carboxylic acids is 1. The molecular weight excluding hydrogens is 248 g/mol. The second-order valence-electron chi connectivity index (χ2n) is 4.73. The minimum absolute atomic E-state index is 0.114. The molecule has 0 radical (unpaired) electrons. The maximum absolute atomic E-state index is 12.5. The van der Waals surface area contributed by atoms with Gasteiger partial charge in [0, 0.05) is 12.6 Å². The Hall–Kier alpha value is -1.01. The standard InChI is InChI=1S/C12H20N4OS/c1-9-11(18-15-14-9)12(17)16-8-4-3-5-10(16)6-7-13-2/h10,13H,3-8H2,1-2H3. The zero-order chi connectivity index (χ0) is 13.0. The Morgan fingerprint density at radius 2 is 2.39 bits per heavy atom. The highest BCUT2D eigenvalue weighted by molar-refractivity contribution is 7.07. The van der Waals surface area contributed by atoms with Crippen molar-refractivity contribution in [3.63, 3.8) is 0 Å². The molecule has 2 rings (SSSR count). The first-order chi connectivity index (χ1) is 8.74. The lowest BCUT2D eigenvalue weighted by Gasteiger charge is -2.35. The predicted octanol–water partition coefficient (Wildman–Crippen LogP) is 1.45. The third-order valence-electron chi connectivity index (χ3n) is 3.46. The molecule has 1 amide bonds. The molecule has 0 bridgehead atoms. The van der Waals surface area contributed by atoms with Crippen LogP contribution in [0.1, 0.15) is 41.0 Å². The van der Waals surface area contributed by atoms with Crippen molar-refractivity contribution in [1.29, 1.82) is 0 Å². The van der Waals surface area contributed by atoms with E-state index in [0.717, 1.165) is 38.0 Å². The SMILES string of the molecule is CNCCC1CCCCN1C(=O)c1snnc1C. The van der Waals surface area contributed by atoms with Crippen LogP contribution in [0, 0.1) is 6.92 Å². The van der Waals surface area contributed by atoms with E-state index in [4.69, 9.17) is 0 Å². The lowest BCUT2D eigenvalue weighted by molar-refractivity contribution is 0.0606. The normalized spacial score (nSPS) is 20.1. The molecule has 1 unspecified atom stereocenters. The molecule has 2 heterocycles. The lowest BCUT2D eigenvalue weighted by Crippen LogP contribution is -2.44. The zero-order valence-electron chi connectivity index (χ0n) is 11.0. The smallest absolute Gasteiger partial charge is 0.267 e. The molecule has 0 saturated carbocycles. The van der Waals surface area contributed by atoms with Crippen LogP contribution in [0.2, 0.25) is 0 Å². The number of hydrogen-bond donors (Lipinski definition) is 1. The van der Waals surface area contributed by atoms with E-state index >= 15 is 0 Å². The Kier molecular flexibility index (Phi) is 4.66. The Labute approximate surface area is 112 Å². The van der Waals surface area contributed by atoms with E-state index in [9.17, 15) is 4.79 Å². The Bertz CT molecular complexity index is 407. The molecule has 1 aliphatic heterocycles. The van der Waals surface area contributed by atoms with Gasteiger partial charge in [-0.2, -0.15) is 0 Å². The molecule has 0 spiro atoms. The first kappa shape index (κ1) is 13.4. The molecule has 5 nitrogen and oxygen atoms in total. The first-order valence-electron chi connectivity index (χ1n) is 6.48. The van der Waals surface area contributed by atoms with E-state index in [1.807, 2.05) is 18.9 Å². The highest BCUT2D eigenvalue weighted by Crippen LogP contribution is 2.23. The summed E-state index contributed by atoms with van der Waals surface area (Å²) in [6.07, 6.45) is 4.46. The van der Waals surface area contributed by atoms with Gasteiger partial charge in [0.1, 0.15) is 4.88 Å². The molecule has 1 atom stereocenters. The van der Waals surface area contributed by atoms with Crippen molar-refractivity contribution < 1.29 is 4.79 Å². The maximum atomic E-state index is 12.5. The number of aryl methyl sites for hydroxylation is 1. The number of nitrogens with zero attached hydrogens (tertiary/aromatic N) is 3. The lowest BCUT2D eigenvalue weighted by atomic mass is 9.99. The molecule has 0 aromatic carbocycles. The molecule has 1 N–H and O–H groups in total. The van der Waals surface area contributed by atoms with Gasteiger partial charge < -0.3 is 10.2 Å². The fourth-order valence-corrected chi connectivity index (χ4v) is 3.05. The fourth-order valence-electron chi connectivity index (χ4n) is 2.44. The van der Waals surface area contributed by atoms with Crippen LogP contribution in [-0.2, 0) is 0 Å². The summed E-state index contributed by atoms with van der Waals surface area (Å²) >= 11 is 1.21. The van der Waals surface area contributed by atoms with E-state index in [1.165, 1.54) is 18.0 Å². The van der Waals surface area contributed by atoms with Crippen LogP contribution >= 0.6 is 11.5 Å². The molecule has 18 heavy (non-hydrogen) atoms. The van der Waals surface area contributed by atoms with Crippen molar-refractivity contribution in [3.05, 3.63) is 10.6 Å². The van der Waals surface area contributed by atoms with Crippen LogP contribution in [0.4, 0.5) is 0 Å². The van der Waals surface area contributed by atoms with E-state index < -0.39 is 0 Å². The van der Waals surface area contributed by atoms with Crippen molar-refractivity contribution in [2.24, 2.45) is 0 Å². The van der Waals surface area contributed by atoms with E-state index in [1.54, 1.807) is 0 Å². The van der Waals surface area contributed by atoms with E-state index in [2.05, 4.69) is 14.9 Å². The third-order valence-corrected chi connectivity index (χ3v) is 4.28. The Balaban J connectivity index is 2.08. The highest BCUT2D eigenvalue weighted by Gasteiger charge is 2.29. The average molecular weight is 268 g/mol. The molecule has 1 saturated heterocycles. The van der Waals surface area contributed by atoms with Gasteiger partial charge in [-0.25, -0.2) is 0 Å². The predicted molar refractivity (Wildman–Crippen MR) is 71.9 cm³/mol. The van der Waals surface area contributed by atoms with Gasteiger partial charge in [-0.3, -0.25) is 4.79 Å². The number of aromatic nitrogens is 2. The van der Waals surface area contributed by atoms with Crippen molar-refractivity contribution in [2.45, 2.75) is 38.6 Å². The summed E-state index contributed by atoms with van der Waals surface area (Å²) < 4.78 is 3.86. The van der Waals surface area contributed by atoms with Crippen molar-refractivity contribution in [1.82, 2.24) is 19.8 Å². The summed E-state index contributed by atoms with van der Waals surface area (Å²) in [5.74, 6) is 0.114. The number of rotatable bonds is 4. The number of amides is 1. The summed E-state index contributed by atoms with van der Waals surface area (Å²) in [5.41, 5.74) is 0.753. The van der Waals surface area contributed by atoms with Gasteiger partial charge >= 0.3 is 0 Å². The van der Waals surface area contributed by atoms with Crippen molar-refractivity contribution in [2.75, 3.05) is 20.1 Å². The van der Waals surface area contributed by atoms with Gasteiger partial charge in [-0.15, -0.1) is 5.10 Å². The van der Waals surface area contributed by atoms with Crippen LogP contribution in [0.3, 0.4) is 0 Å². The number of carbonyl (C=O) groups is 1. The average Bonchev–Trinajstić information content (AvgIpc) is 2.82.